The zero-order chi connectivity index (χ0) is 11.9. The Balaban J connectivity index is 2.52. The Labute approximate surface area is 106 Å². The maximum absolute atomic E-state index is 5.98. The second-order valence-corrected chi connectivity index (χ2v) is 5.55. The van der Waals surface area contributed by atoms with Crippen molar-refractivity contribution < 1.29 is 4.74 Å². The monoisotopic (exact) mass is 280 g/mol. The van der Waals surface area contributed by atoms with Crippen molar-refractivity contribution in [3.63, 3.8) is 0 Å². The van der Waals surface area contributed by atoms with Gasteiger partial charge in [0.2, 0.25) is 0 Å². The summed E-state index contributed by atoms with van der Waals surface area (Å²) < 4.78 is 7.06. The highest BCUT2D eigenvalue weighted by atomic mass is 79.9. The summed E-state index contributed by atoms with van der Waals surface area (Å²) in [5, 5.41) is 0. The SMILES string of the molecule is C=C1c2cc(Br)ccc2OC(C)C(C)C1C. The van der Waals surface area contributed by atoms with Crippen molar-refractivity contribution >= 4 is 21.5 Å². The minimum absolute atomic E-state index is 0.231. The number of rotatable bonds is 0. The van der Waals surface area contributed by atoms with E-state index in [2.05, 4.69) is 49.3 Å². The van der Waals surface area contributed by atoms with Gasteiger partial charge in [-0.1, -0.05) is 36.4 Å². The molecule has 0 saturated carbocycles. The molecule has 0 saturated heterocycles. The molecule has 1 heterocycles. The lowest BCUT2D eigenvalue weighted by atomic mass is 9.84. The van der Waals surface area contributed by atoms with Crippen LogP contribution in [0, 0.1) is 11.8 Å². The Kier molecular flexibility index (Phi) is 3.11. The molecule has 0 aromatic heterocycles. The lowest BCUT2D eigenvalue weighted by Gasteiger charge is -2.23. The van der Waals surface area contributed by atoms with Gasteiger partial charge in [-0.3, -0.25) is 0 Å². The van der Waals surface area contributed by atoms with E-state index >= 15 is 0 Å². The zero-order valence-electron chi connectivity index (χ0n) is 9.96. The van der Waals surface area contributed by atoms with Crippen molar-refractivity contribution in [3.05, 3.63) is 34.8 Å². The molecule has 1 nitrogen and oxygen atoms in total. The Morgan fingerprint density at radius 1 is 1.25 bits per heavy atom. The number of hydrogen-bond donors (Lipinski definition) is 0. The van der Waals surface area contributed by atoms with Crippen molar-refractivity contribution in [1.82, 2.24) is 0 Å². The fourth-order valence-corrected chi connectivity index (χ4v) is 2.49. The van der Waals surface area contributed by atoms with E-state index in [1.165, 1.54) is 5.57 Å². The van der Waals surface area contributed by atoms with Crippen LogP contribution in [0.25, 0.3) is 5.57 Å². The molecule has 0 bridgehead atoms. The second-order valence-electron chi connectivity index (χ2n) is 4.64. The first-order chi connectivity index (χ1) is 7.50. The highest BCUT2D eigenvalue weighted by Gasteiger charge is 2.28. The first-order valence-electron chi connectivity index (χ1n) is 5.66. The Morgan fingerprint density at radius 3 is 2.62 bits per heavy atom. The van der Waals surface area contributed by atoms with Gasteiger partial charge >= 0.3 is 0 Å². The van der Waals surface area contributed by atoms with Gasteiger partial charge in [-0.15, -0.1) is 0 Å². The van der Waals surface area contributed by atoms with Gasteiger partial charge in [0.05, 0.1) is 6.10 Å². The third kappa shape index (κ3) is 1.91. The van der Waals surface area contributed by atoms with Crippen LogP contribution in [0.3, 0.4) is 0 Å². The average molecular weight is 281 g/mol. The molecular formula is C14H17BrO. The first-order valence-corrected chi connectivity index (χ1v) is 6.45. The van der Waals surface area contributed by atoms with E-state index in [9.17, 15) is 0 Å². The van der Waals surface area contributed by atoms with Crippen LogP contribution in [0.1, 0.15) is 26.3 Å². The van der Waals surface area contributed by atoms with E-state index in [1.807, 2.05) is 12.1 Å². The van der Waals surface area contributed by atoms with Crippen LogP contribution < -0.4 is 4.74 Å². The number of fused-ring (bicyclic) bond motifs is 1. The molecule has 86 valence electrons. The van der Waals surface area contributed by atoms with Crippen LogP contribution in [0.2, 0.25) is 0 Å². The lowest BCUT2D eigenvalue weighted by Crippen LogP contribution is -2.24. The van der Waals surface area contributed by atoms with E-state index in [-0.39, 0.29) is 6.10 Å². The number of allylic oxidation sites excluding steroid dienone is 1. The van der Waals surface area contributed by atoms with Gasteiger partial charge in [0.15, 0.2) is 0 Å². The van der Waals surface area contributed by atoms with E-state index in [0.29, 0.717) is 11.8 Å². The Hall–Kier alpha value is -0.760. The third-order valence-electron chi connectivity index (χ3n) is 3.68. The molecule has 1 aromatic carbocycles. The van der Waals surface area contributed by atoms with Crippen LogP contribution in [0.15, 0.2) is 29.3 Å². The summed E-state index contributed by atoms with van der Waals surface area (Å²) in [5.74, 6) is 1.89. The molecule has 16 heavy (non-hydrogen) atoms. The van der Waals surface area contributed by atoms with Gasteiger partial charge in [-0.05, 0) is 42.5 Å². The summed E-state index contributed by atoms with van der Waals surface area (Å²) in [6, 6.07) is 6.13. The molecular weight excluding hydrogens is 264 g/mol. The molecule has 0 spiro atoms. The van der Waals surface area contributed by atoms with E-state index in [4.69, 9.17) is 4.74 Å². The van der Waals surface area contributed by atoms with Crippen LogP contribution in [0.5, 0.6) is 5.75 Å². The van der Waals surface area contributed by atoms with Crippen LogP contribution in [-0.4, -0.2) is 6.10 Å². The van der Waals surface area contributed by atoms with Crippen LogP contribution in [-0.2, 0) is 0 Å². The number of hydrogen-bond acceptors (Lipinski definition) is 1. The maximum Gasteiger partial charge on any atom is 0.127 e. The molecule has 0 aliphatic carbocycles. The molecule has 0 radical (unpaired) electrons. The number of benzene rings is 1. The minimum atomic E-state index is 0.231. The maximum atomic E-state index is 5.98. The lowest BCUT2D eigenvalue weighted by molar-refractivity contribution is 0.149. The van der Waals surface area contributed by atoms with Gasteiger partial charge < -0.3 is 4.74 Å². The molecule has 1 aromatic rings. The van der Waals surface area contributed by atoms with Gasteiger partial charge in [-0.2, -0.15) is 0 Å². The molecule has 0 fully saturated rings. The zero-order valence-corrected chi connectivity index (χ0v) is 11.5. The highest BCUT2D eigenvalue weighted by Crippen LogP contribution is 2.40. The van der Waals surface area contributed by atoms with E-state index in [0.717, 1.165) is 15.8 Å². The highest BCUT2D eigenvalue weighted by molar-refractivity contribution is 9.10. The van der Waals surface area contributed by atoms with Crippen molar-refractivity contribution in [2.75, 3.05) is 0 Å². The molecule has 0 N–H and O–H groups in total. The average Bonchev–Trinajstić information content (AvgIpc) is 2.34. The van der Waals surface area contributed by atoms with E-state index in [1.54, 1.807) is 0 Å². The number of halogens is 1. The molecule has 1 aliphatic rings. The summed E-state index contributed by atoms with van der Waals surface area (Å²) in [6.07, 6.45) is 0.231. The Bertz CT molecular complexity index is 425. The molecule has 2 rings (SSSR count). The van der Waals surface area contributed by atoms with Crippen molar-refractivity contribution in [3.8, 4) is 5.75 Å². The summed E-state index contributed by atoms with van der Waals surface area (Å²) in [5.41, 5.74) is 2.31. The van der Waals surface area contributed by atoms with Gasteiger partial charge in [0, 0.05) is 10.0 Å². The van der Waals surface area contributed by atoms with Crippen molar-refractivity contribution in [2.24, 2.45) is 11.8 Å². The van der Waals surface area contributed by atoms with Gasteiger partial charge in [0.1, 0.15) is 5.75 Å². The van der Waals surface area contributed by atoms with Gasteiger partial charge in [0.25, 0.3) is 0 Å². The smallest absolute Gasteiger partial charge is 0.127 e. The molecule has 3 unspecified atom stereocenters. The quantitative estimate of drug-likeness (QED) is 0.679. The molecule has 0 amide bonds. The summed E-state index contributed by atoms with van der Waals surface area (Å²) in [7, 11) is 0. The summed E-state index contributed by atoms with van der Waals surface area (Å²) in [4.78, 5) is 0. The molecule has 1 aliphatic heterocycles. The normalized spacial score (nSPS) is 29.2. The van der Waals surface area contributed by atoms with Crippen molar-refractivity contribution in [1.29, 1.82) is 0 Å². The molecule has 2 heteroatoms. The standard InChI is InChI=1S/C14H17BrO/c1-8-9(2)11(4)16-14-6-5-12(15)7-13(14)10(8)3/h5-9,11H,3H2,1-2,4H3. The molecule has 3 atom stereocenters. The van der Waals surface area contributed by atoms with Gasteiger partial charge in [-0.25, -0.2) is 0 Å². The van der Waals surface area contributed by atoms with Crippen LogP contribution >= 0.6 is 15.9 Å². The largest absolute Gasteiger partial charge is 0.490 e. The third-order valence-corrected chi connectivity index (χ3v) is 4.17. The predicted molar refractivity (Wildman–Crippen MR) is 71.6 cm³/mol. The minimum Gasteiger partial charge on any atom is -0.490 e. The van der Waals surface area contributed by atoms with Crippen LogP contribution in [0.4, 0.5) is 0 Å². The fraction of sp³-hybridized carbons (Fsp3) is 0.429. The first kappa shape index (κ1) is 11.7. The topological polar surface area (TPSA) is 9.23 Å². The van der Waals surface area contributed by atoms with Crippen molar-refractivity contribution in [2.45, 2.75) is 26.9 Å². The van der Waals surface area contributed by atoms with E-state index < -0.39 is 0 Å². The predicted octanol–water partition coefficient (Wildman–Crippen LogP) is 4.52. The summed E-state index contributed by atoms with van der Waals surface area (Å²) in [6.45, 7) is 10.8. The number of ether oxygens (including phenoxy) is 1. The second kappa shape index (κ2) is 4.25. The Morgan fingerprint density at radius 2 is 1.94 bits per heavy atom. The summed E-state index contributed by atoms with van der Waals surface area (Å²) >= 11 is 3.50. The fourth-order valence-electron chi connectivity index (χ4n) is 2.13.